The normalized spacial score (nSPS) is 10.2. The van der Waals surface area contributed by atoms with Crippen molar-refractivity contribution >= 4 is 27.3 Å². The lowest BCUT2D eigenvalue weighted by molar-refractivity contribution is -0.386. The largest absolute Gasteiger partial charge is 0.480 e. The number of nitrogens with two attached hydrogens (primary N) is 1. The maximum absolute atomic E-state index is 11.1. The van der Waals surface area contributed by atoms with Gasteiger partial charge in [0.25, 0.3) is 0 Å². The lowest BCUT2D eigenvalue weighted by atomic mass is 10.2. The van der Waals surface area contributed by atoms with Gasteiger partial charge in [0, 0.05) is 16.7 Å². The van der Waals surface area contributed by atoms with Gasteiger partial charge in [0.1, 0.15) is 6.61 Å². The summed E-state index contributed by atoms with van der Waals surface area (Å²) < 4.78 is 6.21. The Kier molecular flexibility index (Phi) is 4.71. The number of halogens is 1. The topological polar surface area (TPSA) is 103 Å². The third-order valence-corrected chi connectivity index (χ3v) is 3.22. The SMILES string of the molecule is Cc1cc(Br)cc([N+](=O)[O-])c1OCc1cc(NN)ccn1. The second kappa shape index (κ2) is 6.51. The Hall–Kier alpha value is -2.19. The van der Waals surface area contributed by atoms with Gasteiger partial charge in [-0.2, -0.15) is 0 Å². The molecule has 7 nitrogen and oxygen atoms in total. The molecule has 1 aromatic heterocycles. The van der Waals surface area contributed by atoms with Gasteiger partial charge >= 0.3 is 5.69 Å². The van der Waals surface area contributed by atoms with Crippen LogP contribution in [0.1, 0.15) is 11.3 Å². The molecule has 2 aromatic rings. The van der Waals surface area contributed by atoms with Gasteiger partial charge < -0.3 is 10.2 Å². The molecule has 0 aliphatic carbocycles. The third kappa shape index (κ3) is 3.67. The Labute approximate surface area is 129 Å². The highest BCUT2D eigenvalue weighted by atomic mass is 79.9. The number of nitrogen functional groups attached to an aromatic ring is 1. The Morgan fingerprint density at radius 1 is 1.48 bits per heavy atom. The van der Waals surface area contributed by atoms with Crippen molar-refractivity contribution in [2.24, 2.45) is 5.84 Å². The molecule has 1 heterocycles. The summed E-state index contributed by atoms with van der Waals surface area (Å²) in [5.74, 6) is 5.55. The number of nitrogens with zero attached hydrogens (tertiary/aromatic N) is 2. The minimum absolute atomic E-state index is 0.0880. The standard InChI is InChI=1S/C13H13BrN4O3/c1-8-4-9(14)5-12(18(19)20)13(8)21-7-11-6-10(17-15)2-3-16-11/h2-6H,7,15H2,1H3,(H,16,17). The molecule has 0 aliphatic heterocycles. The summed E-state index contributed by atoms with van der Waals surface area (Å²) in [6, 6.07) is 6.58. The molecule has 110 valence electrons. The number of hydrazine groups is 1. The van der Waals surface area contributed by atoms with E-state index >= 15 is 0 Å². The number of benzene rings is 1. The molecule has 2 rings (SSSR count). The molecule has 0 saturated heterocycles. The maximum Gasteiger partial charge on any atom is 0.312 e. The maximum atomic E-state index is 11.1. The Morgan fingerprint density at radius 2 is 2.24 bits per heavy atom. The Morgan fingerprint density at radius 3 is 2.90 bits per heavy atom. The lowest BCUT2D eigenvalue weighted by Gasteiger charge is -2.10. The summed E-state index contributed by atoms with van der Waals surface area (Å²) in [6.45, 7) is 1.86. The van der Waals surface area contributed by atoms with E-state index in [-0.39, 0.29) is 18.0 Å². The van der Waals surface area contributed by atoms with Gasteiger partial charge in [-0.05, 0) is 30.7 Å². The number of hydrogen-bond acceptors (Lipinski definition) is 6. The average Bonchev–Trinajstić information content (AvgIpc) is 2.45. The van der Waals surface area contributed by atoms with Crippen LogP contribution in [0.25, 0.3) is 0 Å². The smallest absolute Gasteiger partial charge is 0.312 e. The van der Waals surface area contributed by atoms with Crippen LogP contribution in [0.2, 0.25) is 0 Å². The van der Waals surface area contributed by atoms with Crippen molar-refractivity contribution in [2.75, 3.05) is 5.43 Å². The average molecular weight is 353 g/mol. The summed E-state index contributed by atoms with van der Waals surface area (Å²) in [7, 11) is 0. The Balaban J connectivity index is 2.25. The van der Waals surface area contributed by atoms with Gasteiger partial charge in [-0.15, -0.1) is 0 Å². The summed E-state index contributed by atoms with van der Waals surface area (Å²) in [6.07, 6.45) is 1.58. The van der Waals surface area contributed by atoms with Crippen molar-refractivity contribution < 1.29 is 9.66 Å². The fraction of sp³-hybridized carbons (Fsp3) is 0.154. The van der Waals surface area contributed by atoms with Crippen LogP contribution in [0, 0.1) is 17.0 Å². The van der Waals surface area contributed by atoms with E-state index in [1.807, 2.05) is 0 Å². The van der Waals surface area contributed by atoms with Gasteiger partial charge in [-0.3, -0.25) is 20.9 Å². The van der Waals surface area contributed by atoms with E-state index in [0.717, 1.165) is 0 Å². The van der Waals surface area contributed by atoms with E-state index in [4.69, 9.17) is 10.6 Å². The molecule has 21 heavy (non-hydrogen) atoms. The van der Waals surface area contributed by atoms with Crippen molar-refractivity contribution in [1.82, 2.24) is 4.98 Å². The first kappa shape index (κ1) is 15.2. The first-order valence-electron chi connectivity index (χ1n) is 6.00. The molecule has 0 spiro atoms. The summed E-state index contributed by atoms with van der Waals surface area (Å²) >= 11 is 3.24. The number of ether oxygens (including phenoxy) is 1. The van der Waals surface area contributed by atoms with Crippen molar-refractivity contribution in [3.8, 4) is 5.75 Å². The molecular formula is C13H13BrN4O3. The molecular weight excluding hydrogens is 340 g/mol. The summed E-state index contributed by atoms with van der Waals surface area (Å²) in [5, 5.41) is 11.1. The number of anilines is 1. The molecule has 0 unspecified atom stereocenters. The quantitative estimate of drug-likeness (QED) is 0.487. The van der Waals surface area contributed by atoms with Gasteiger partial charge in [0.05, 0.1) is 16.3 Å². The number of pyridine rings is 1. The zero-order valence-electron chi connectivity index (χ0n) is 11.2. The van der Waals surface area contributed by atoms with Gasteiger partial charge in [-0.25, -0.2) is 0 Å². The molecule has 0 radical (unpaired) electrons. The van der Waals surface area contributed by atoms with Crippen LogP contribution in [-0.4, -0.2) is 9.91 Å². The van der Waals surface area contributed by atoms with Crippen molar-refractivity contribution in [3.05, 3.63) is 56.3 Å². The Bertz CT molecular complexity index is 678. The third-order valence-electron chi connectivity index (χ3n) is 2.76. The number of nitro groups is 1. The van der Waals surface area contributed by atoms with Crippen LogP contribution in [0.3, 0.4) is 0 Å². The fourth-order valence-corrected chi connectivity index (χ4v) is 2.39. The molecule has 8 heteroatoms. The van der Waals surface area contributed by atoms with E-state index in [9.17, 15) is 10.1 Å². The fourth-order valence-electron chi connectivity index (χ4n) is 1.83. The molecule has 0 atom stereocenters. The van der Waals surface area contributed by atoms with Crippen LogP contribution in [0.4, 0.5) is 11.4 Å². The second-order valence-corrected chi connectivity index (χ2v) is 5.21. The van der Waals surface area contributed by atoms with Crippen molar-refractivity contribution in [3.63, 3.8) is 0 Å². The second-order valence-electron chi connectivity index (χ2n) is 4.30. The monoisotopic (exact) mass is 352 g/mol. The van der Waals surface area contributed by atoms with Crippen molar-refractivity contribution in [1.29, 1.82) is 0 Å². The minimum Gasteiger partial charge on any atom is -0.480 e. The van der Waals surface area contributed by atoms with Crippen LogP contribution in [0.5, 0.6) is 5.75 Å². The number of hydrogen-bond donors (Lipinski definition) is 2. The number of aromatic nitrogens is 1. The van der Waals surface area contributed by atoms with E-state index in [2.05, 4.69) is 26.3 Å². The van der Waals surface area contributed by atoms with Crippen LogP contribution in [0.15, 0.2) is 34.9 Å². The van der Waals surface area contributed by atoms with E-state index in [1.165, 1.54) is 6.07 Å². The summed E-state index contributed by atoms with van der Waals surface area (Å²) in [5.41, 5.74) is 4.39. The molecule has 3 N–H and O–H groups in total. The minimum atomic E-state index is -0.474. The van der Waals surface area contributed by atoms with E-state index in [1.54, 1.807) is 31.3 Å². The highest BCUT2D eigenvalue weighted by Crippen LogP contribution is 2.34. The van der Waals surface area contributed by atoms with Crippen LogP contribution < -0.4 is 16.0 Å². The number of nitrogens with one attached hydrogen (secondary N) is 1. The molecule has 1 aromatic carbocycles. The van der Waals surface area contributed by atoms with Gasteiger partial charge in [0.2, 0.25) is 5.75 Å². The number of rotatable bonds is 5. The van der Waals surface area contributed by atoms with Crippen LogP contribution in [-0.2, 0) is 6.61 Å². The predicted octanol–water partition coefficient (Wildman–Crippen LogP) is 2.93. The molecule has 0 bridgehead atoms. The van der Waals surface area contributed by atoms with Gasteiger partial charge in [-0.1, -0.05) is 15.9 Å². The first-order valence-corrected chi connectivity index (χ1v) is 6.79. The van der Waals surface area contributed by atoms with E-state index < -0.39 is 4.92 Å². The molecule has 0 aliphatic rings. The zero-order chi connectivity index (χ0) is 15.4. The predicted molar refractivity (Wildman–Crippen MR) is 81.9 cm³/mol. The molecule has 0 saturated carbocycles. The highest BCUT2D eigenvalue weighted by molar-refractivity contribution is 9.10. The van der Waals surface area contributed by atoms with Crippen molar-refractivity contribution in [2.45, 2.75) is 13.5 Å². The molecule has 0 fully saturated rings. The number of aryl methyl sites for hydroxylation is 1. The first-order chi connectivity index (χ1) is 10.0. The number of nitro benzene ring substituents is 1. The lowest BCUT2D eigenvalue weighted by Crippen LogP contribution is -2.08. The summed E-state index contributed by atoms with van der Waals surface area (Å²) in [4.78, 5) is 14.8. The van der Waals surface area contributed by atoms with Crippen LogP contribution >= 0.6 is 15.9 Å². The zero-order valence-corrected chi connectivity index (χ0v) is 12.8. The highest BCUT2D eigenvalue weighted by Gasteiger charge is 2.19. The molecule has 0 amide bonds. The van der Waals surface area contributed by atoms with Gasteiger partial charge in [0.15, 0.2) is 0 Å². The van der Waals surface area contributed by atoms with E-state index in [0.29, 0.717) is 21.4 Å².